The Hall–Kier alpha value is -4.64. The van der Waals surface area contributed by atoms with E-state index in [9.17, 15) is 24.3 Å². The molecule has 3 rings (SSSR count). The minimum absolute atomic E-state index is 0.0840. The van der Waals surface area contributed by atoms with Gasteiger partial charge in [-0.2, -0.15) is 5.26 Å². The zero-order chi connectivity index (χ0) is 24.5. The van der Waals surface area contributed by atoms with Gasteiger partial charge in [-0.05, 0) is 60.5 Å². The molecule has 0 heterocycles. The van der Waals surface area contributed by atoms with Crippen LogP contribution < -0.4 is 14.8 Å². The highest BCUT2D eigenvalue weighted by molar-refractivity contribution is 6.11. The van der Waals surface area contributed by atoms with Crippen LogP contribution in [-0.4, -0.2) is 23.6 Å². The molecule has 7 nitrogen and oxygen atoms in total. The quantitative estimate of drug-likeness (QED) is 0.342. The van der Waals surface area contributed by atoms with Crippen molar-refractivity contribution in [3.63, 3.8) is 0 Å². The van der Waals surface area contributed by atoms with E-state index in [0.29, 0.717) is 23.7 Å². The molecular formula is C26H21FN2O5. The monoisotopic (exact) mass is 460 g/mol. The number of anilines is 1. The van der Waals surface area contributed by atoms with Crippen LogP contribution in [0, 0.1) is 17.1 Å². The zero-order valence-corrected chi connectivity index (χ0v) is 18.2. The molecule has 0 spiro atoms. The third-order valence-electron chi connectivity index (χ3n) is 4.66. The number of benzene rings is 3. The van der Waals surface area contributed by atoms with Crippen LogP contribution >= 0.6 is 0 Å². The lowest BCUT2D eigenvalue weighted by atomic mass is 10.1. The van der Waals surface area contributed by atoms with Crippen LogP contribution in [0.4, 0.5) is 10.1 Å². The Bertz CT molecular complexity index is 1260. The SMILES string of the molecule is CCOc1cc(/C=C(\C#N)C(=O)Nc2ccccc2C(=O)O)ccc1OCc1ccc(F)cc1. The van der Waals surface area contributed by atoms with Gasteiger partial charge in [0, 0.05) is 0 Å². The molecule has 34 heavy (non-hydrogen) atoms. The number of para-hydroxylation sites is 1. The maximum absolute atomic E-state index is 13.1. The number of carbonyl (C=O) groups excluding carboxylic acids is 1. The van der Waals surface area contributed by atoms with E-state index in [1.165, 1.54) is 36.4 Å². The van der Waals surface area contributed by atoms with E-state index >= 15 is 0 Å². The maximum Gasteiger partial charge on any atom is 0.337 e. The largest absolute Gasteiger partial charge is 0.490 e. The molecule has 0 bridgehead atoms. The van der Waals surface area contributed by atoms with Crippen molar-refractivity contribution in [2.45, 2.75) is 13.5 Å². The summed E-state index contributed by atoms with van der Waals surface area (Å²) in [4.78, 5) is 24.0. The molecule has 0 aliphatic rings. The van der Waals surface area contributed by atoms with Crippen molar-refractivity contribution < 1.29 is 28.6 Å². The second kappa shape index (κ2) is 11.3. The fourth-order valence-electron chi connectivity index (χ4n) is 3.03. The first kappa shape index (κ1) is 24.0. The van der Waals surface area contributed by atoms with Crippen molar-refractivity contribution in [1.29, 1.82) is 5.26 Å². The topological polar surface area (TPSA) is 109 Å². The van der Waals surface area contributed by atoms with Crippen LogP contribution in [0.15, 0.2) is 72.3 Å². The van der Waals surface area contributed by atoms with Crippen LogP contribution in [0.1, 0.15) is 28.4 Å². The molecule has 0 saturated carbocycles. The summed E-state index contributed by atoms with van der Waals surface area (Å²) in [7, 11) is 0. The van der Waals surface area contributed by atoms with E-state index in [0.717, 1.165) is 5.56 Å². The lowest BCUT2D eigenvalue weighted by molar-refractivity contribution is -0.112. The lowest BCUT2D eigenvalue weighted by Crippen LogP contribution is -2.16. The molecule has 3 aromatic rings. The van der Waals surface area contributed by atoms with Crippen molar-refractivity contribution in [2.75, 3.05) is 11.9 Å². The predicted octanol–water partition coefficient (Wildman–Crippen LogP) is 5.05. The number of nitriles is 1. The van der Waals surface area contributed by atoms with E-state index < -0.39 is 11.9 Å². The fourth-order valence-corrected chi connectivity index (χ4v) is 3.03. The Morgan fingerprint density at radius 2 is 1.79 bits per heavy atom. The molecule has 3 aromatic carbocycles. The summed E-state index contributed by atoms with van der Waals surface area (Å²) in [5.74, 6) is -1.42. The van der Waals surface area contributed by atoms with Crippen molar-refractivity contribution in [2.24, 2.45) is 0 Å². The Balaban J connectivity index is 1.80. The number of carboxylic acids is 1. The molecule has 0 aromatic heterocycles. The van der Waals surface area contributed by atoms with Crippen LogP contribution in [0.25, 0.3) is 6.08 Å². The molecule has 0 atom stereocenters. The molecule has 172 valence electrons. The predicted molar refractivity (Wildman–Crippen MR) is 124 cm³/mol. The molecule has 0 aliphatic carbocycles. The van der Waals surface area contributed by atoms with Gasteiger partial charge in [0.1, 0.15) is 24.1 Å². The van der Waals surface area contributed by atoms with Crippen LogP contribution in [-0.2, 0) is 11.4 Å². The first-order valence-corrected chi connectivity index (χ1v) is 10.3. The summed E-state index contributed by atoms with van der Waals surface area (Å²) in [6.07, 6.45) is 1.37. The zero-order valence-electron chi connectivity index (χ0n) is 18.2. The summed E-state index contributed by atoms with van der Waals surface area (Å²) < 4.78 is 24.5. The van der Waals surface area contributed by atoms with Gasteiger partial charge in [0.05, 0.1) is 17.9 Å². The standard InChI is InChI=1S/C26H21FN2O5/c1-2-33-24-14-18(9-12-23(24)34-16-17-7-10-20(27)11-8-17)13-19(15-28)25(30)29-22-6-4-3-5-21(22)26(31)32/h3-14H,2,16H2,1H3,(H,29,30)(H,31,32)/b19-13+. The molecule has 0 saturated heterocycles. The van der Waals surface area contributed by atoms with Gasteiger partial charge in [-0.25, -0.2) is 9.18 Å². The third-order valence-corrected chi connectivity index (χ3v) is 4.66. The Labute approximate surface area is 195 Å². The molecule has 8 heteroatoms. The van der Waals surface area contributed by atoms with Gasteiger partial charge in [-0.3, -0.25) is 4.79 Å². The third kappa shape index (κ3) is 6.20. The first-order valence-electron chi connectivity index (χ1n) is 10.3. The smallest absolute Gasteiger partial charge is 0.337 e. The average molecular weight is 460 g/mol. The summed E-state index contributed by atoms with van der Waals surface area (Å²) in [6, 6.07) is 18.6. The normalized spacial score (nSPS) is 10.8. The van der Waals surface area contributed by atoms with Crippen molar-refractivity contribution >= 4 is 23.6 Å². The highest BCUT2D eigenvalue weighted by Gasteiger charge is 2.15. The summed E-state index contributed by atoms with van der Waals surface area (Å²) >= 11 is 0. The summed E-state index contributed by atoms with van der Waals surface area (Å²) in [5, 5.41) is 21.2. The van der Waals surface area contributed by atoms with Gasteiger partial charge in [0.15, 0.2) is 11.5 Å². The van der Waals surface area contributed by atoms with Crippen molar-refractivity contribution in [1.82, 2.24) is 0 Å². The van der Waals surface area contributed by atoms with E-state index in [2.05, 4.69) is 5.32 Å². The first-order chi connectivity index (χ1) is 16.4. The Morgan fingerprint density at radius 1 is 1.06 bits per heavy atom. The van der Waals surface area contributed by atoms with Gasteiger partial charge in [-0.1, -0.05) is 30.3 Å². The second-order valence-corrected chi connectivity index (χ2v) is 7.03. The number of hydrogen-bond donors (Lipinski definition) is 2. The van der Waals surface area contributed by atoms with Gasteiger partial charge >= 0.3 is 5.97 Å². The highest BCUT2D eigenvalue weighted by atomic mass is 19.1. The lowest BCUT2D eigenvalue weighted by Gasteiger charge is -2.13. The number of rotatable bonds is 9. The van der Waals surface area contributed by atoms with Gasteiger partial charge < -0.3 is 19.9 Å². The number of carboxylic acid groups (broad SMARTS) is 1. The van der Waals surface area contributed by atoms with E-state index in [1.54, 1.807) is 43.3 Å². The number of aromatic carboxylic acids is 1. The van der Waals surface area contributed by atoms with Crippen molar-refractivity contribution in [3.05, 3.63) is 94.8 Å². The number of nitrogens with one attached hydrogen (secondary N) is 1. The maximum atomic E-state index is 13.1. The average Bonchev–Trinajstić information content (AvgIpc) is 2.83. The van der Waals surface area contributed by atoms with Crippen LogP contribution in [0.2, 0.25) is 0 Å². The Kier molecular flexibility index (Phi) is 7.97. The minimum atomic E-state index is -1.20. The van der Waals surface area contributed by atoms with Crippen LogP contribution in [0.5, 0.6) is 11.5 Å². The summed E-state index contributed by atoms with van der Waals surface area (Å²) in [5.41, 5.74) is 1.06. The van der Waals surface area contributed by atoms with Gasteiger partial charge in [0.25, 0.3) is 5.91 Å². The number of nitrogens with zero attached hydrogens (tertiary/aromatic N) is 1. The molecule has 0 fully saturated rings. The molecule has 0 aliphatic heterocycles. The summed E-state index contributed by atoms with van der Waals surface area (Å²) in [6.45, 7) is 2.36. The van der Waals surface area contributed by atoms with E-state index in [4.69, 9.17) is 9.47 Å². The fraction of sp³-hybridized carbons (Fsp3) is 0.115. The molecule has 0 radical (unpaired) electrons. The number of ether oxygens (including phenoxy) is 2. The molecule has 0 unspecified atom stereocenters. The van der Waals surface area contributed by atoms with E-state index in [1.807, 2.05) is 6.07 Å². The molecule has 2 N–H and O–H groups in total. The molecule has 1 amide bonds. The van der Waals surface area contributed by atoms with Gasteiger partial charge in [-0.15, -0.1) is 0 Å². The van der Waals surface area contributed by atoms with E-state index in [-0.39, 0.29) is 29.2 Å². The number of halogens is 1. The van der Waals surface area contributed by atoms with Crippen LogP contribution in [0.3, 0.4) is 0 Å². The number of carbonyl (C=O) groups is 2. The number of hydrogen-bond acceptors (Lipinski definition) is 5. The second-order valence-electron chi connectivity index (χ2n) is 7.03. The minimum Gasteiger partial charge on any atom is -0.490 e. The van der Waals surface area contributed by atoms with Gasteiger partial charge in [0.2, 0.25) is 0 Å². The molecular weight excluding hydrogens is 439 g/mol. The van der Waals surface area contributed by atoms with Crippen molar-refractivity contribution in [3.8, 4) is 17.6 Å². The Morgan fingerprint density at radius 3 is 2.47 bits per heavy atom. The highest BCUT2D eigenvalue weighted by Crippen LogP contribution is 2.30. The number of amides is 1.